The van der Waals surface area contributed by atoms with Crippen LogP contribution in [0.3, 0.4) is 0 Å². The van der Waals surface area contributed by atoms with Gasteiger partial charge in [-0.05, 0) is 31.0 Å². The lowest BCUT2D eigenvalue weighted by Crippen LogP contribution is -2.16. The molecular weight excluding hydrogens is 276 g/mol. The van der Waals surface area contributed by atoms with E-state index in [0.29, 0.717) is 12.2 Å². The third-order valence-electron chi connectivity index (χ3n) is 3.11. The van der Waals surface area contributed by atoms with E-state index in [0.717, 1.165) is 11.1 Å². The largest absolute Gasteiger partial charge is 0.336 e. The van der Waals surface area contributed by atoms with Gasteiger partial charge in [0.05, 0.1) is 12.0 Å². The van der Waals surface area contributed by atoms with Gasteiger partial charge in [-0.3, -0.25) is 4.72 Å². The van der Waals surface area contributed by atoms with Crippen molar-refractivity contribution in [2.75, 3.05) is 4.72 Å². The molecule has 0 radical (unpaired) electrons. The van der Waals surface area contributed by atoms with Crippen LogP contribution in [0.4, 0.5) is 5.69 Å². The number of rotatable bonds is 5. The van der Waals surface area contributed by atoms with E-state index in [1.165, 1.54) is 12.5 Å². The molecule has 0 saturated heterocycles. The predicted molar refractivity (Wildman–Crippen MR) is 77.8 cm³/mol. The third-order valence-corrected chi connectivity index (χ3v) is 4.36. The average molecular weight is 294 g/mol. The van der Waals surface area contributed by atoms with Crippen LogP contribution in [0.1, 0.15) is 18.1 Å². The molecule has 0 fully saturated rings. The maximum atomic E-state index is 12.3. The van der Waals surface area contributed by atoms with Gasteiger partial charge in [0.25, 0.3) is 10.0 Å². The second kappa shape index (κ2) is 5.64. The normalized spacial score (nSPS) is 11.6. The summed E-state index contributed by atoms with van der Waals surface area (Å²) in [6.07, 6.45) is 2.99. The van der Waals surface area contributed by atoms with Gasteiger partial charge < -0.3 is 10.3 Å². The van der Waals surface area contributed by atoms with Gasteiger partial charge in [0.1, 0.15) is 0 Å². The van der Waals surface area contributed by atoms with Gasteiger partial charge in [-0.25, -0.2) is 4.98 Å². The van der Waals surface area contributed by atoms with E-state index in [-0.39, 0.29) is 11.6 Å². The highest BCUT2D eigenvalue weighted by atomic mass is 32.2. The van der Waals surface area contributed by atoms with Crippen LogP contribution in [0, 0.1) is 6.92 Å². The number of nitrogens with two attached hydrogens (primary N) is 1. The fraction of sp³-hybridized carbons (Fsp3) is 0.308. The number of nitrogens with one attached hydrogen (secondary N) is 1. The minimum absolute atomic E-state index is 0.00354. The van der Waals surface area contributed by atoms with Gasteiger partial charge >= 0.3 is 0 Å². The standard InChI is InChI=1S/C13H18N4O2S/c1-3-17-8-13(15-9-17)20(18,19)16-12-6-4-5-10(2)11(12)7-14/h4-6,8-9,16H,3,7,14H2,1-2H3. The summed E-state index contributed by atoms with van der Waals surface area (Å²) in [5.74, 6) is 0. The van der Waals surface area contributed by atoms with Crippen LogP contribution >= 0.6 is 0 Å². The molecular formula is C13H18N4O2S. The Morgan fingerprint density at radius 3 is 2.75 bits per heavy atom. The molecule has 1 aromatic heterocycles. The van der Waals surface area contributed by atoms with E-state index in [4.69, 9.17) is 5.73 Å². The Labute approximate surface area is 118 Å². The quantitative estimate of drug-likeness (QED) is 0.873. The molecule has 0 aliphatic heterocycles. The van der Waals surface area contributed by atoms with Crippen LogP contribution in [0.5, 0.6) is 0 Å². The highest BCUT2D eigenvalue weighted by Crippen LogP contribution is 2.22. The summed E-state index contributed by atoms with van der Waals surface area (Å²) in [6.45, 7) is 4.75. The molecule has 1 aromatic carbocycles. The van der Waals surface area contributed by atoms with Gasteiger partial charge in [-0.1, -0.05) is 12.1 Å². The van der Waals surface area contributed by atoms with Crippen LogP contribution in [-0.2, 0) is 23.1 Å². The Kier molecular flexibility index (Phi) is 4.10. The second-order valence-electron chi connectivity index (χ2n) is 4.45. The van der Waals surface area contributed by atoms with Gasteiger partial charge in [0.2, 0.25) is 0 Å². The predicted octanol–water partition coefficient (Wildman–Crippen LogP) is 1.47. The van der Waals surface area contributed by atoms with E-state index in [9.17, 15) is 8.42 Å². The molecule has 0 saturated carbocycles. The first-order valence-corrected chi connectivity index (χ1v) is 7.79. The molecule has 2 rings (SSSR count). The van der Waals surface area contributed by atoms with Crippen molar-refractivity contribution >= 4 is 15.7 Å². The number of imidazole rings is 1. The maximum Gasteiger partial charge on any atom is 0.280 e. The minimum atomic E-state index is -3.69. The number of benzene rings is 1. The monoisotopic (exact) mass is 294 g/mol. The summed E-state index contributed by atoms with van der Waals surface area (Å²) in [5, 5.41) is 0.00354. The fourth-order valence-corrected chi connectivity index (χ4v) is 2.96. The van der Waals surface area contributed by atoms with Crippen molar-refractivity contribution in [3.8, 4) is 0 Å². The molecule has 0 atom stereocenters. The van der Waals surface area contributed by atoms with Crippen molar-refractivity contribution in [1.82, 2.24) is 9.55 Å². The SMILES string of the molecule is CCn1cnc(S(=O)(=O)Nc2cccc(C)c2CN)c1. The van der Waals surface area contributed by atoms with E-state index in [2.05, 4.69) is 9.71 Å². The molecule has 0 aliphatic carbocycles. The molecule has 1 heterocycles. The van der Waals surface area contributed by atoms with Crippen LogP contribution < -0.4 is 10.5 Å². The number of sulfonamides is 1. The summed E-state index contributed by atoms with van der Waals surface area (Å²) >= 11 is 0. The minimum Gasteiger partial charge on any atom is -0.336 e. The van der Waals surface area contributed by atoms with Crippen molar-refractivity contribution in [2.24, 2.45) is 5.73 Å². The van der Waals surface area contributed by atoms with Crippen molar-refractivity contribution in [3.63, 3.8) is 0 Å². The molecule has 2 aromatic rings. The van der Waals surface area contributed by atoms with E-state index in [1.807, 2.05) is 19.9 Å². The molecule has 0 spiro atoms. The van der Waals surface area contributed by atoms with Crippen molar-refractivity contribution < 1.29 is 8.42 Å². The van der Waals surface area contributed by atoms with E-state index in [1.54, 1.807) is 16.7 Å². The summed E-state index contributed by atoms with van der Waals surface area (Å²) in [4.78, 5) is 3.91. The number of hydrogen-bond acceptors (Lipinski definition) is 4. The van der Waals surface area contributed by atoms with E-state index < -0.39 is 10.0 Å². The van der Waals surface area contributed by atoms with Gasteiger partial charge in [0.15, 0.2) is 5.03 Å². The molecule has 0 amide bonds. The smallest absolute Gasteiger partial charge is 0.280 e. The molecule has 108 valence electrons. The maximum absolute atomic E-state index is 12.3. The fourth-order valence-electron chi connectivity index (χ4n) is 1.92. The number of anilines is 1. The van der Waals surface area contributed by atoms with Crippen LogP contribution in [-0.4, -0.2) is 18.0 Å². The first kappa shape index (κ1) is 14.5. The van der Waals surface area contributed by atoms with Gasteiger partial charge in [-0.2, -0.15) is 8.42 Å². The zero-order chi connectivity index (χ0) is 14.8. The summed E-state index contributed by atoms with van der Waals surface area (Å²) in [7, 11) is -3.69. The number of hydrogen-bond donors (Lipinski definition) is 2. The first-order valence-electron chi connectivity index (χ1n) is 6.31. The molecule has 6 nitrogen and oxygen atoms in total. The lowest BCUT2D eigenvalue weighted by molar-refractivity contribution is 0.598. The molecule has 0 aliphatic rings. The Bertz CT molecular complexity index is 707. The van der Waals surface area contributed by atoms with Crippen molar-refractivity contribution in [2.45, 2.75) is 32.0 Å². The number of aryl methyl sites for hydroxylation is 2. The summed E-state index contributed by atoms with van der Waals surface area (Å²) < 4.78 is 28.8. The van der Waals surface area contributed by atoms with Crippen molar-refractivity contribution in [3.05, 3.63) is 41.9 Å². The lowest BCUT2D eigenvalue weighted by atomic mass is 10.1. The zero-order valence-electron chi connectivity index (χ0n) is 11.5. The number of aromatic nitrogens is 2. The molecule has 7 heteroatoms. The molecule has 3 N–H and O–H groups in total. The highest BCUT2D eigenvalue weighted by molar-refractivity contribution is 7.92. The van der Waals surface area contributed by atoms with Crippen LogP contribution in [0.15, 0.2) is 35.7 Å². The topological polar surface area (TPSA) is 90.0 Å². The third kappa shape index (κ3) is 2.83. The highest BCUT2D eigenvalue weighted by Gasteiger charge is 2.19. The first-order chi connectivity index (χ1) is 9.47. The zero-order valence-corrected chi connectivity index (χ0v) is 12.3. The second-order valence-corrected chi connectivity index (χ2v) is 6.08. The molecule has 0 unspecified atom stereocenters. The van der Waals surface area contributed by atoms with E-state index >= 15 is 0 Å². The van der Waals surface area contributed by atoms with Gasteiger partial charge in [0, 0.05) is 19.3 Å². The molecule has 0 bridgehead atoms. The van der Waals surface area contributed by atoms with Crippen LogP contribution in [0.2, 0.25) is 0 Å². The van der Waals surface area contributed by atoms with Gasteiger partial charge in [-0.15, -0.1) is 0 Å². The van der Waals surface area contributed by atoms with Crippen molar-refractivity contribution in [1.29, 1.82) is 0 Å². The Morgan fingerprint density at radius 2 is 2.15 bits per heavy atom. The summed E-state index contributed by atoms with van der Waals surface area (Å²) in [5.41, 5.74) is 7.91. The molecule has 20 heavy (non-hydrogen) atoms. The van der Waals surface area contributed by atoms with Crippen LogP contribution in [0.25, 0.3) is 0 Å². The Balaban J connectivity index is 2.35. The average Bonchev–Trinajstić information content (AvgIpc) is 2.88. The summed E-state index contributed by atoms with van der Waals surface area (Å²) in [6, 6.07) is 5.38. The Morgan fingerprint density at radius 1 is 1.40 bits per heavy atom. The number of nitrogens with zero attached hydrogens (tertiary/aromatic N) is 2. The lowest BCUT2D eigenvalue weighted by Gasteiger charge is -2.12. The Hall–Kier alpha value is -1.86.